The van der Waals surface area contributed by atoms with E-state index in [0.717, 1.165) is 15.3 Å². The number of carbonyl (C=O) groups is 1. The van der Waals surface area contributed by atoms with Crippen molar-refractivity contribution in [2.75, 3.05) is 18.9 Å². The number of hydrogen-bond acceptors (Lipinski definition) is 4. The van der Waals surface area contributed by atoms with Crippen LogP contribution in [-0.4, -0.2) is 32.2 Å². The third-order valence-electron chi connectivity index (χ3n) is 3.35. The standard InChI is InChI=1S/C18H17N3O3S/c1-21(25(23,24)12-11-15-7-3-2-4-8-15)14-18(22)20-17-10-6-5-9-16(17)13-19/h2-12H,14H2,1H3,(H,20,22)/b12-11+. The number of anilines is 1. The van der Waals surface area contributed by atoms with Gasteiger partial charge in [0, 0.05) is 12.5 Å². The summed E-state index contributed by atoms with van der Waals surface area (Å²) in [4.78, 5) is 12.1. The van der Waals surface area contributed by atoms with Gasteiger partial charge < -0.3 is 5.32 Å². The second-order valence-electron chi connectivity index (χ2n) is 5.22. The molecule has 0 saturated carbocycles. The van der Waals surface area contributed by atoms with Crippen molar-refractivity contribution < 1.29 is 13.2 Å². The summed E-state index contributed by atoms with van der Waals surface area (Å²) < 4.78 is 25.4. The predicted molar refractivity (Wildman–Crippen MR) is 96.8 cm³/mol. The van der Waals surface area contributed by atoms with Crippen LogP contribution >= 0.6 is 0 Å². The van der Waals surface area contributed by atoms with Crippen molar-refractivity contribution in [3.63, 3.8) is 0 Å². The highest BCUT2D eigenvalue weighted by molar-refractivity contribution is 7.92. The summed E-state index contributed by atoms with van der Waals surface area (Å²) in [6.45, 7) is -0.360. The lowest BCUT2D eigenvalue weighted by molar-refractivity contribution is -0.116. The Morgan fingerprint density at radius 2 is 1.80 bits per heavy atom. The second kappa shape index (κ2) is 8.24. The largest absolute Gasteiger partial charge is 0.324 e. The molecule has 1 N–H and O–H groups in total. The fraction of sp³-hybridized carbons (Fsp3) is 0.111. The molecule has 2 rings (SSSR count). The van der Waals surface area contributed by atoms with Crippen molar-refractivity contribution in [1.82, 2.24) is 4.31 Å². The molecule has 0 unspecified atom stereocenters. The summed E-state index contributed by atoms with van der Waals surface area (Å²) in [6, 6.07) is 17.5. The van der Waals surface area contributed by atoms with Crippen LogP contribution in [0.3, 0.4) is 0 Å². The minimum atomic E-state index is -3.73. The molecule has 1 amide bonds. The molecule has 0 saturated heterocycles. The predicted octanol–water partition coefficient (Wildman–Crippen LogP) is 2.43. The number of hydrogen-bond donors (Lipinski definition) is 1. The van der Waals surface area contributed by atoms with Crippen LogP contribution in [0.25, 0.3) is 6.08 Å². The van der Waals surface area contributed by atoms with Crippen LogP contribution in [0, 0.1) is 11.3 Å². The number of carbonyl (C=O) groups excluding carboxylic acids is 1. The summed E-state index contributed by atoms with van der Waals surface area (Å²) >= 11 is 0. The van der Waals surface area contributed by atoms with Crippen LogP contribution in [0.1, 0.15) is 11.1 Å². The molecule has 25 heavy (non-hydrogen) atoms. The average molecular weight is 355 g/mol. The van der Waals surface area contributed by atoms with Gasteiger partial charge in [-0.25, -0.2) is 8.42 Å². The lowest BCUT2D eigenvalue weighted by Gasteiger charge is -2.14. The normalized spacial score (nSPS) is 11.4. The Bertz CT molecular complexity index is 916. The van der Waals surface area contributed by atoms with Crippen LogP contribution in [0.5, 0.6) is 0 Å². The first-order valence-corrected chi connectivity index (χ1v) is 8.91. The molecule has 6 nitrogen and oxygen atoms in total. The molecule has 0 bridgehead atoms. The molecule has 0 aliphatic rings. The first-order valence-electron chi connectivity index (χ1n) is 7.41. The van der Waals surface area contributed by atoms with Crippen molar-refractivity contribution >= 4 is 27.7 Å². The molecule has 0 aliphatic carbocycles. The monoisotopic (exact) mass is 355 g/mol. The number of para-hydroxylation sites is 1. The number of nitriles is 1. The minimum Gasteiger partial charge on any atom is -0.324 e. The Balaban J connectivity index is 2.02. The van der Waals surface area contributed by atoms with Crippen LogP contribution in [0.2, 0.25) is 0 Å². The molecule has 0 fully saturated rings. The van der Waals surface area contributed by atoms with Gasteiger partial charge in [0.25, 0.3) is 0 Å². The average Bonchev–Trinajstić information content (AvgIpc) is 2.61. The maximum absolute atomic E-state index is 12.2. The van der Waals surface area contributed by atoms with E-state index in [-0.39, 0.29) is 6.54 Å². The molecule has 0 radical (unpaired) electrons. The minimum absolute atomic E-state index is 0.310. The lowest BCUT2D eigenvalue weighted by Crippen LogP contribution is -2.33. The molecule has 0 aliphatic heterocycles. The molecular formula is C18H17N3O3S. The van der Waals surface area contributed by atoms with Crippen molar-refractivity contribution in [1.29, 1.82) is 5.26 Å². The zero-order valence-electron chi connectivity index (χ0n) is 13.6. The molecule has 0 atom stereocenters. The third kappa shape index (κ3) is 5.28. The first-order chi connectivity index (χ1) is 11.9. The molecule has 2 aromatic rings. The van der Waals surface area contributed by atoms with E-state index in [2.05, 4.69) is 5.32 Å². The quantitative estimate of drug-likeness (QED) is 0.862. The number of sulfonamides is 1. The van der Waals surface area contributed by atoms with Crippen LogP contribution in [0.15, 0.2) is 60.0 Å². The Morgan fingerprint density at radius 1 is 1.16 bits per heavy atom. The van der Waals surface area contributed by atoms with Gasteiger partial charge in [0.1, 0.15) is 6.07 Å². The highest BCUT2D eigenvalue weighted by Gasteiger charge is 2.18. The Labute approximate surface area is 147 Å². The summed E-state index contributed by atoms with van der Waals surface area (Å²) in [6.07, 6.45) is 1.47. The Morgan fingerprint density at radius 3 is 2.48 bits per heavy atom. The second-order valence-corrected chi connectivity index (χ2v) is 7.15. The van der Waals surface area contributed by atoms with Gasteiger partial charge in [-0.2, -0.15) is 9.57 Å². The van der Waals surface area contributed by atoms with Crippen molar-refractivity contribution in [2.45, 2.75) is 0 Å². The molecule has 0 heterocycles. The first kappa shape index (κ1) is 18.4. The molecule has 7 heteroatoms. The maximum atomic E-state index is 12.2. The highest BCUT2D eigenvalue weighted by atomic mass is 32.2. The smallest absolute Gasteiger partial charge is 0.239 e. The number of benzene rings is 2. The number of nitrogens with zero attached hydrogens (tertiary/aromatic N) is 2. The molecule has 0 aromatic heterocycles. The van der Waals surface area contributed by atoms with E-state index in [0.29, 0.717) is 11.3 Å². The van der Waals surface area contributed by atoms with Gasteiger partial charge in [0.2, 0.25) is 15.9 Å². The zero-order valence-corrected chi connectivity index (χ0v) is 14.4. The number of likely N-dealkylation sites (N-methyl/N-ethyl adjacent to an activating group) is 1. The maximum Gasteiger partial charge on any atom is 0.239 e. The molecule has 128 valence electrons. The molecular weight excluding hydrogens is 338 g/mol. The van der Waals surface area contributed by atoms with Gasteiger partial charge in [-0.3, -0.25) is 4.79 Å². The van der Waals surface area contributed by atoms with Gasteiger partial charge in [-0.15, -0.1) is 0 Å². The van der Waals surface area contributed by atoms with Gasteiger partial charge in [0.15, 0.2) is 0 Å². The topological polar surface area (TPSA) is 90.3 Å². The lowest BCUT2D eigenvalue weighted by atomic mass is 10.2. The highest BCUT2D eigenvalue weighted by Crippen LogP contribution is 2.14. The van der Waals surface area contributed by atoms with Crippen LogP contribution in [-0.2, 0) is 14.8 Å². The van der Waals surface area contributed by atoms with E-state index in [1.807, 2.05) is 12.1 Å². The van der Waals surface area contributed by atoms with E-state index >= 15 is 0 Å². The summed E-state index contributed by atoms with van der Waals surface area (Å²) in [5.41, 5.74) is 1.40. The van der Waals surface area contributed by atoms with E-state index < -0.39 is 15.9 Å². The van der Waals surface area contributed by atoms with Crippen molar-refractivity contribution in [3.8, 4) is 6.07 Å². The van der Waals surface area contributed by atoms with Gasteiger partial charge in [-0.05, 0) is 23.8 Å². The third-order valence-corrected chi connectivity index (χ3v) is 4.83. The van der Waals surface area contributed by atoms with Gasteiger partial charge >= 0.3 is 0 Å². The van der Waals surface area contributed by atoms with Crippen molar-refractivity contribution in [3.05, 3.63) is 71.1 Å². The van der Waals surface area contributed by atoms with Crippen LogP contribution in [0.4, 0.5) is 5.69 Å². The summed E-state index contributed by atoms with van der Waals surface area (Å²) in [7, 11) is -2.41. The number of amides is 1. The number of nitrogens with one attached hydrogen (secondary N) is 1. The van der Waals surface area contributed by atoms with Crippen molar-refractivity contribution in [2.24, 2.45) is 0 Å². The Kier molecular flexibility index (Phi) is 6.06. The Hall–Kier alpha value is -2.95. The fourth-order valence-corrected chi connectivity index (χ4v) is 2.84. The van der Waals surface area contributed by atoms with E-state index in [1.165, 1.54) is 13.1 Å². The van der Waals surface area contributed by atoms with E-state index in [4.69, 9.17) is 5.26 Å². The van der Waals surface area contributed by atoms with E-state index in [9.17, 15) is 13.2 Å². The van der Waals surface area contributed by atoms with Crippen LogP contribution < -0.4 is 5.32 Å². The number of rotatable bonds is 6. The molecule has 2 aromatic carbocycles. The summed E-state index contributed by atoms with van der Waals surface area (Å²) in [5, 5.41) is 12.6. The summed E-state index contributed by atoms with van der Waals surface area (Å²) in [5.74, 6) is -0.526. The van der Waals surface area contributed by atoms with Gasteiger partial charge in [-0.1, -0.05) is 42.5 Å². The SMILES string of the molecule is CN(CC(=O)Nc1ccccc1C#N)S(=O)(=O)/C=C/c1ccccc1. The molecule has 0 spiro atoms. The van der Waals surface area contributed by atoms with Gasteiger partial charge in [0.05, 0.1) is 17.8 Å². The van der Waals surface area contributed by atoms with E-state index in [1.54, 1.807) is 48.5 Å². The zero-order chi connectivity index (χ0) is 18.3. The fourth-order valence-electron chi connectivity index (χ4n) is 2.00.